The summed E-state index contributed by atoms with van der Waals surface area (Å²) in [6.45, 7) is 13.9. The minimum absolute atomic E-state index is 0.422. The van der Waals surface area contributed by atoms with Crippen LogP contribution in [0, 0.1) is 5.41 Å². The van der Waals surface area contributed by atoms with Gasteiger partial charge in [0.25, 0.3) is 0 Å². The van der Waals surface area contributed by atoms with Crippen LogP contribution < -0.4 is 0 Å². The first-order chi connectivity index (χ1) is 11.5. The van der Waals surface area contributed by atoms with Crippen molar-refractivity contribution in [3.63, 3.8) is 0 Å². The van der Waals surface area contributed by atoms with E-state index in [1.54, 1.807) is 0 Å². The molecule has 1 atom stereocenters. The standard InChI is InChI=1S/C21H33N3/c1-21(2,3)11-15-22-12-7-13-24(18-22)20-10-14-23(17-20)16-19-8-5-4-6-9-19/h4-9,13,20H,10-12,14-18H2,1-3H3/t20-/m1/s1. The minimum atomic E-state index is 0.422. The Balaban J connectivity index is 1.48. The number of hydrogen-bond donors (Lipinski definition) is 0. The van der Waals surface area contributed by atoms with Gasteiger partial charge in [-0.05, 0) is 30.0 Å². The molecule has 0 N–H and O–H groups in total. The fraction of sp³-hybridized carbons (Fsp3) is 0.619. The van der Waals surface area contributed by atoms with Crippen LogP contribution in [0.2, 0.25) is 0 Å². The maximum absolute atomic E-state index is 2.60. The highest BCUT2D eigenvalue weighted by Crippen LogP contribution is 2.22. The molecule has 0 amide bonds. The Labute approximate surface area is 147 Å². The highest BCUT2D eigenvalue weighted by atomic mass is 15.4. The van der Waals surface area contributed by atoms with E-state index in [4.69, 9.17) is 0 Å². The predicted octanol–water partition coefficient (Wildman–Crippen LogP) is 3.79. The average Bonchev–Trinajstić information content (AvgIpc) is 3.02. The normalized spacial score (nSPS) is 23.1. The summed E-state index contributed by atoms with van der Waals surface area (Å²) >= 11 is 0. The van der Waals surface area contributed by atoms with E-state index in [0.29, 0.717) is 11.5 Å². The predicted molar refractivity (Wildman–Crippen MR) is 102 cm³/mol. The smallest absolute Gasteiger partial charge is 0.0707 e. The molecule has 1 saturated heterocycles. The Morgan fingerprint density at radius 1 is 1.08 bits per heavy atom. The fourth-order valence-electron chi connectivity index (χ4n) is 3.63. The number of hydrogen-bond acceptors (Lipinski definition) is 3. The lowest BCUT2D eigenvalue weighted by atomic mass is 9.92. The van der Waals surface area contributed by atoms with Crippen LogP contribution in [0.25, 0.3) is 0 Å². The summed E-state index contributed by atoms with van der Waals surface area (Å²) in [7, 11) is 0. The molecule has 3 rings (SSSR count). The lowest BCUT2D eigenvalue weighted by molar-refractivity contribution is 0.120. The van der Waals surface area contributed by atoms with Crippen LogP contribution in [0.3, 0.4) is 0 Å². The van der Waals surface area contributed by atoms with Crippen molar-refractivity contribution in [1.82, 2.24) is 14.7 Å². The third kappa shape index (κ3) is 5.09. The first-order valence-electron chi connectivity index (χ1n) is 9.41. The highest BCUT2D eigenvalue weighted by molar-refractivity contribution is 5.14. The number of likely N-dealkylation sites (tertiary alicyclic amines) is 1. The molecule has 3 heteroatoms. The zero-order valence-corrected chi connectivity index (χ0v) is 15.6. The fourth-order valence-corrected chi connectivity index (χ4v) is 3.63. The van der Waals surface area contributed by atoms with E-state index < -0.39 is 0 Å². The molecule has 0 saturated carbocycles. The van der Waals surface area contributed by atoms with E-state index in [2.05, 4.69) is 78.1 Å². The largest absolute Gasteiger partial charge is 0.361 e. The van der Waals surface area contributed by atoms with Crippen molar-refractivity contribution in [3.8, 4) is 0 Å². The van der Waals surface area contributed by atoms with Crippen LogP contribution in [-0.2, 0) is 6.54 Å². The Morgan fingerprint density at radius 3 is 2.62 bits per heavy atom. The van der Waals surface area contributed by atoms with Gasteiger partial charge >= 0.3 is 0 Å². The molecule has 132 valence electrons. The summed E-state index contributed by atoms with van der Waals surface area (Å²) in [5.74, 6) is 0. The minimum Gasteiger partial charge on any atom is -0.361 e. The Bertz CT molecular complexity index is 532. The van der Waals surface area contributed by atoms with Crippen molar-refractivity contribution in [2.75, 3.05) is 32.8 Å². The van der Waals surface area contributed by atoms with Crippen molar-refractivity contribution in [2.45, 2.75) is 46.2 Å². The Morgan fingerprint density at radius 2 is 1.88 bits per heavy atom. The first kappa shape index (κ1) is 17.5. The van der Waals surface area contributed by atoms with E-state index in [0.717, 1.165) is 19.8 Å². The molecule has 1 aromatic rings. The van der Waals surface area contributed by atoms with Gasteiger partial charge in [-0.3, -0.25) is 9.80 Å². The zero-order valence-electron chi connectivity index (χ0n) is 15.6. The summed E-state index contributed by atoms with van der Waals surface area (Å²) in [6.07, 6.45) is 7.22. The van der Waals surface area contributed by atoms with Gasteiger partial charge in [0.15, 0.2) is 0 Å². The summed E-state index contributed by atoms with van der Waals surface area (Å²) in [5, 5.41) is 0. The molecule has 0 aliphatic carbocycles. The van der Waals surface area contributed by atoms with E-state index in [1.807, 2.05) is 0 Å². The zero-order chi connectivity index (χ0) is 17.0. The van der Waals surface area contributed by atoms with Gasteiger partial charge in [-0.25, -0.2) is 0 Å². The molecular weight excluding hydrogens is 294 g/mol. The molecule has 0 bridgehead atoms. The van der Waals surface area contributed by atoms with Gasteiger partial charge in [0.1, 0.15) is 0 Å². The summed E-state index contributed by atoms with van der Waals surface area (Å²) < 4.78 is 0. The molecule has 0 unspecified atom stereocenters. The van der Waals surface area contributed by atoms with E-state index >= 15 is 0 Å². The summed E-state index contributed by atoms with van der Waals surface area (Å²) in [5.41, 5.74) is 1.85. The molecule has 1 aromatic carbocycles. The van der Waals surface area contributed by atoms with E-state index in [1.165, 1.54) is 38.0 Å². The maximum atomic E-state index is 2.60. The SMILES string of the molecule is CC(C)(C)CCN1CC=CN([C@@H]2CCN(Cc3ccccc3)C2)C1. The van der Waals surface area contributed by atoms with Gasteiger partial charge in [-0.1, -0.05) is 57.2 Å². The van der Waals surface area contributed by atoms with Crippen molar-refractivity contribution in [3.05, 3.63) is 48.2 Å². The molecule has 0 spiro atoms. The number of nitrogens with zero attached hydrogens (tertiary/aromatic N) is 3. The second-order valence-electron chi connectivity index (χ2n) is 8.59. The van der Waals surface area contributed by atoms with E-state index in [-0.39, 0.29) is 0 Å². The van der Waals surface area contributed by atoms with Gasteiger partial charge in [0.2, 0.25) is 0 Å². The summed E-state index contributed by atoms with van der Waals surface area (Å²) in [4.78, 5) is 7.75. The van der Waals surface area contributed by atoms with Gasteiger partial charge in [-0.15, -0.1) is 0 Å². The van der Waals surface area contributed by atoms with Gasteiger partial charge in [-0.2, -0.15) is 0 Å². The van der Waals surface area contributed by atoms with Crippen LogP contribution in [0.5, 0.6) is 0 Å². The lowest BCUT2D eigenvalue weighted by Crippen LogP contribution is -2.45. The lowest BCUT2D eigenvalue weighted by Gasteiger charge is -2.37. The Kier molecular flexibility index (Phi) is 5.62. The van der Waals surface area contributed by atoms with Gasteiger partial charge < -0.3 is 4.90 Å². The molecule has 0 aromatic heterocycles. The summed E-state index contributed by atoms with van der Waals surface area (Å²) in [6, 6.07) is 11.5. The van der Waals surface area contributed by atoms with Gasteiger partial charge in [0.05, 0.1) is 6.67 Å². The monoisotopic (exact) mass is 327 g/mol. The van der Waals surface area contributed by atoms with Crippen LogP contribution in [0.1, 0.15) is 39.2 Å². The second-order valence-corrected chi connectivity index (χ2v) is 8.59. The quantitative estimate of drug-likeness (QED) is 0.815. The first-order valence-corrected chi connectivity index (χ1v) is 9.41. The molecule has 2 aliphatic heterocycles. The maximum Gasteiger partial charge on any atom is 0.0707 e. The van der Waals surface area contributed by atoms with E-state index in [9.17, 15) is 0 Å². The van der Waals surface area contributed by atoms with Crippen molar-refractivity contribution in [1.29, 1.82) is 0 Å². The van der Waals surface area contributed by atoms with Crippen LogP contribution >= 0.6 is 0 Å². The van der Waals surface area contributed by atoms with Gasteiger partial charge in [0, 0.05) is 38.8 Å². The van der Waals surface area contributed by atoms with Crippen molar-refractivity contribution >= 4 is 0 Å². The molecule has 3 nitrogen and oxygen atoms in total. The third-order valence-corrected chi connectivity index (χ3v) is 5.17. The molecular formula is C21H33N3. The van der Waals surface area contributed by atoms with Crippen LogP contribution in [0.4, 0.5) is 0 Å². The molecule has 2 heterocycles. The second kappa shape index (κ2) is 7.71. The van der Waals surface area contributed by atoms with Crippen LogP contribution in [-0.4, -0.2) is 53.6 Å². The van der Waals surface area contributed by atoms with Crippen molar-refractivity contribution < 1.29 is 0 Å². The average molecular weight is 328 g/mol. The van der Waals surface area contributed by atoms with Crippen molar-refractivity contribution in [2.24, 2.45) is 5.41 Å². The number of benzene rings is 1. The Hall–Kier alpha value is -1.32. The molecule has 1 fully saturated rings. The molecule has 24 heavy (non-hydrogen) atoms. The molecule has 2 aliphatic rings. The topological polar surface area (TPSA) is 9.72 Å². The highest BCUT2D eigenvalue weighted by Gasteiger charge is 2.28. The third-order valence-electron chi connectivity index (χ3n) is 5.17. The number of rotatable bonds is 5. The molecule has 0 radical (unpaired) electrons. The van der Waals surface area contributed by atoms with Crippen LogP contribution in [0.15, 0.2) is 42.6 Å².